The summed E-state index contributed by atoms with van der Waals surface area (Å²) in [6, 6.07) is 5.74. The number of rotatable bonds is 3. The van der Waals surface area contributed by atoms with Gasteiger partial charge in [-0.1, -0.05) is 25.8 Å². The Hall–Kier alpha value is -1.58. The number of nitrogens with one attached hydrogen (secondary N) is 1. The van der Waals surface area contributed by atoms with Gasteiger partial charge in [0.25, 0.3) is 5.69 Å². The summed E-state index contributed by atoms with van der Waals surface area (Å²) in [5.41, 5.74) is 1.76. The molecule has 4 nitrogen and oxygen atoms in total. The Morgan fingerprint density at radius 3 is 2.72 bits per heavy atom. The molecule has 1 fully saturated rings. The molecule has 18 heavy (non-hydrogen) atoms. The molecule has 2 unspecified atom stereocenters. The number of hydrogen-bond acceptors (Lipinski definition) is 3. The Balaban J connectivity index is 2.20. The zero-order chi connectivity index (χ0) is 13.1. The molecule has 0 radical (unpaired) electrons. The fourth-order valence-corrected chi connectivity index (χ4v) is 2.65. The number of nitro benzene ring substituents is 1. The molecule has 0 aromatic heterocycles. The van der Waals surface area contributed by atoms with E-state index in [0.29, 0.717) is 17.6 Å². The Kier molecular flexibility index (Phi) is 3.84. The van der Waals surface area contributed by atoms with Gasteiger partial charge in [-0.25, -0.2) is 0 Å². The molecule has 0 aliphatic heterocycles. The lowest BCUT2D eigenvalue weighted by atomic mass is 9.86. The summed E-state index contributed by atoms with van der Waals surface area (Å²) in [5.74, 6) is 0.583. The molecule has 1 aliphatic rings. The van der Waals surface area contributed by atoms with E-state index in [4.69, 9.17) is 0 Å². The van der Waals surface area contributed by atoms with E-state index in [2.05, 4.69) is 12.2 Å². The lowest BCUT2D eigenvalue weighted by Crippen LogP contribution is -2.30. The van der Waals surface area contributed by atoms with Crippen molar-refractivity contribution >= 4 is 11.4 Å². The molecule has 1 saturated carbocycles. The normalized spacial score (nSPS) is 23.7. The first-order valence-electron chi connectivity index (χ1n) is 6.59. The predicted molar refractivity (Wildman–Crippen MR) is 72.9 cm³/mol. The number of nitrogens with zero attached hydrogens (tertiary/aromatic N) is 1. The maximum atomic E-state index is 11.1. The van der Waals surface area contributed by atoms with Gasteiger partial charge in [-0.3, -0.25) is 10.1 Å². The van der Waals surface area contributed by atoms with Crippen molar-refractivity contribution in [2.24, 2.45) is 5.92 Å². The lowest BCUT2D eigenvalue weighted by Gasteiger charge is -2.30. The second-order valence-corrected chi connectivity index (χ2v) is 5.29. The molecule has 4 heteroatoms. The summed E-state index contributed by atoms with van der Waals surface area (Å²) in [4.78, 5) is 10.8. The van der Waals surface area contributed by atoms with E-state index in [9.17, 15) is 10.1 Å². The monoisotopic (exact) mass is 248 g/mol. The molecular formula is C14H20N2O2. The zero-order valence-electron chi connectivity index (χ0n) is 11.0. The summed E-state index contributed by atoms with van der Waals surface area (Å²) in [6.07, 6.45) is 4.79. The molecule has 2 rings (SSSR count). The van der Waals surface area contributed by atoms with Crippen molar-refractivity contribution in [3.05, 3.63) is 33.9 Å². The smallest absolute Gasteiger partial charge is 0.292 e. The second kappa shape index (κ2) is 5.38. The number of benzene rings is 1. The van der Waals surface area contributed by atoms with Crippen LogP contribution in [-0.4, -0.2) is 11.0 Å². The van der Waals surface area contributed by atoms with Crippen molar-refractivity contribution in [2.75, 3.05) is 5.32 Å². The summed E-state index contributed by atoms with van der Waals surface area (Å²) >= 11 is 0. The SMILES string of the molecule is Cc1ccc(NC2CCCCC2C)c([N+](=O)[O-])c1. The van der Waals surface area contributed by atoms with Crippen molar-refractivity contribution in [2.45, 2.75) is 45.6 Å². The van der Waals surface area contributed by atoms with Crippen LogP contribution in [0, 0.1) is 23.0 Å². The van der Waals surface area contributed by atoms with Crippen LogP contribution in [0.4, 0.5) is 11.4 Å². The highest BCUT2D eigenvalue weighted by Crippen LogP contribution is 2.31. The van der Waals surface area contributed by atoms with Gasteiger partial charge in [-0.15, -0.1) is 0 Å². The van der Waals surface area contributed by atoms with Gasteiger partial charge in [-0.05, 0) is 37.3 Å². The average molecular weight is 248 g/mol. The minimum absolute atomic E-state index is 0.188. The maximum absolute atomic E-state index is 11.1. The number of hydrogen-bond donors (Lipinski definition) is 1. The van der Waals surface area contributed by atoms with Crippen molar-refractivity contribution < 1.29 is 4.92 Å². The first-order chi connectivity index (χ1) is 8.58. The van der Waals surface area contributed by atoms with Crippen LogP contribution < -0.4 is 5.32 Å². The van der Waals surface area contributed by atoms with Crippen molar-refractivity contribution in [1.29, 1.82) is 0 Å². The third kappa shape index (κ3) is 2.81. The van der Waals surface area contributed by atoms with E-state index < -0.39 is 0 Å². The van der Waals surface area contributed by atoms with Gasteiger partial charge < -0.3 is 5.32 Å². The Labute approximate surface area is 108 Å². The lowest BCUT2D eigenvalue weighted by molar-refractivity contribution is -0.384. The Bertz CT molecular complexity index is 445. The fourth-order valence-electron chi connectivity index (χ4n) is 2.65. The van der Waals surface area contributed by atoms with Crippen molar-refractivity contribution in [3.63, 3.8) is 0 Å². The van der Waals surface area contributed by atoms with E-state index in [-0.39, 0.29) is 10.6 Å². The molecule has 1 aliphatic carbocycles. The molecule has 0 saturated heterocycles. The number of aryl methyl sites for hydroxylation is 1. The van der Waals surface area contributed by atoms with Crippen LogP contribution in [0.2, 0.25) is 0 Å². The third-order valence-corrected chi connectivity index (χ3v) is 3.80. The van der Waals surface area contributed by atoms with Crippen LogP contribution in [0.1, 0.15) is 38.2 Å². The Morgan fingerprint density at radius 2 is 2.06 bits per heavy atom. The van der Waals surface area contributed by atoms with Crippen LogP contribution in [0.3, 0.4) is 0 Å². The van der Waals surface area contributed by atoms with Gasteiger partial charge in [0.2, 0.25) is 0 Å². The van der Waals surface area contributed by atoms with Gasteiger partial charge in [-0.2, -0.15) is 0 Å². The molecule has 1 N–H and O–H groups in total. The highest BCUT2D eigenvalue weighted by molar-refractivity contribution is 5.63. The summed E-state index contributed by atoms with van der Waals surface area (Å²) in [5, 5.41) is 14.4. The second-order valence-electron chi connectivity index (χ2n) is 5.29. The van der Waals surface area contributed by atoms with Crippen LogP contribution in [0.25, 0.3) is 0 Å². The predicted octanol–water partition coefficient (Wildman–Crippen LogP) is 3.89. The molecule has 0 spiro atoms. The Morgan fingerprint density at radius 1 is 1.33 bits per heavy atom. The van der Waals surface area contributed by atoms with Crippen LogP contribution in [-0.2, 0) is 0 Å². The summed E-state index contributed by atoms with van der Waals surface area (Å²) in [6.45, 7) is 4.09. The van der Waals surface area contributed by atoms with Gasteiger partial charge in [0.15, 0.2) is 0 Å². The van der Waals surface area contributed by atoms with E-state index in [1.54, 1.807) is 6.07 Å². The summed E-state index contributed by atoms with van der Waals surface area (Å²) in [7, 11) is 0. The molecular weight excluding hydrogens is 228 g/mol. The molecule has 98 valence electrons. The van der Waals surface area contributed by atoms with Crippen LogP contribution >= 0.6 is 0 Å². The topological polar surface area (TPSA) is 55.2 Å². The van der Waals surface area contributed by atoms with Gasteiger partial charge >= 0.3 is 0 Å². The van der Waals surface area contributed by atoms with Crippen LogP contribution in [0.15, 0.2) is 18.2 Å². The molecule has 0 amide bonds. The highest BCUT2D eigenvalue weighted by Gasteiger charge is 2.23. The minimum Gasteiger partial charge on any atom is -0.376 e. The zero-order valence-corrected chi connectivity index (χ0v) is 11.0. The molecule has 2 atom stereocenters. The molecule has 0 bridgehead atoms. The minimum atomic E-state index is -0.303. The third-order valence-electron chi connectivity index (χ3n) is 3.80. The maximum Gasteiger partial charge on any atom is 0.292 e. The number of nitro groups is 1. The van der Waals surface area contributed by atoms with Crippen molar-refractivity contribution in [1.82, 2.24) is 0 Å². The van der Waals surface area contributed by atoms with Crippen molar-refractivity contribution in [3.8, 4) is 0 Å². The standard InChI is InChI=1S/C14H20N2O2/c1-10-7-8-13(14(9-10)16(17)18)15-12-6-4-3-5-11(12)2/h7-9,11-12,15H,3-6H2,1-2H3. The van der Waals surface area contributed by atoms with E-state index in [1.807, 2.05) is 19.1 Å². The highest BCUT2D eigenvalue weighted by atomic mass is 16.6. The quantitative estimate of drug-likeness (QED) is 0.652. The van der Waals surface area contributed by atoms with E-state index in [0.717, 1.165) is 12.0 Å². The van der Waals surface area contributed by atoms with Gasteiger partial charge in [0.05, 0.1) is 4.92 Å². The van der Waals surface area contributed by atoms with E-state index >= 15 is 0 Å². The van der Waals surface area contributed by atoms with Gasteiger partial charge in [0, 0.05) is 12.1 Å². The molecule has 0 heterocycles. The van der Waals surface area contributed by atoms with E-state index in [1.165, 1.54) is 19.3 Å². The van der Waals surface area contributed by atoms with Gasteiger partial charge in [0.1, 0.15) is 5.69 Å². The first kappa shape index (κ1) is 12.9. The fraction of sp³-hybridized carbons (Fsp3) is 0.571. The number of anilines is 1. The largest absolute Gasteiger partial charge is 0.376 e. The molecule has 1 aromatic carbocycles. The molecule has 1 aromatic rings. The van der Waals surface area contributed by atoms with Crippen LogP contribution in [0.5, 0.6) is 0 Å². The first-order valence-corrected chi connectivity index (χ1v) is 6.59. The average Bonchev–Trinajstić information content (AvgIpc) is 2.34. The summed E-state index contributed by atoms with van der Waals surface area (Å²) < 4.78 is 0.